The number of halogens is 1. The predicted molar refractivity (Wildman–Crippen MR) is 72.7 cm³/mol. The average molecular weight is 282 g/mol. The van der Waals surface area contributed by atoms with E-state index in [2.05, 4.69) is 5.32 Å². The molecule has 1 saturated heterocycles. The van der Waals surface area contributed by atoms with Crippen LogP contribution < -0.4 is 11.1 Å². The van der Waals surface area contributed by atoms with Crippen LogP contribution in [0.2, 0.25) is 5.02 Å². The van der Waals surface area contributed by atoms with Gasteiger partial charge >= 0.3 is 0 Å². The van der Waals surface area contributed by atoms with Gasteiger partial charge < -0.3 is 16.0 Å². The van der Waals surface area contributed by atoms with Gasteiger partial charge in [-0.2, -0.15) is 0 Å². The highest BCUT2D eigenvalue weighted by Crippen LogP contribution is 2.13. The summed E-state index contributed by atoms with van der Waals surface area (Å²) in [5.74, 6) is -0.584. The number of rotatable bonds is 3. The lowest BCUT2D eigenvalue weighted by Crippen LogP contribution is -2.59. The molecule has 0 aliphatic carbocycles. The van der Waals surface area contributed by atoms with Crippen LogP contribution in [0.1, 0.15) is 5.56 Å². The van der Waals surface area contributed by atoms with Crippen molar-refractivity contribution in [3.05, 3.63) is 34.9 Å². The average Bonchev–Trinajstić information content (AvgIpc) is 2.38. The molecule has 1 fully saturated rings. The standard InChI is InChI=1S/C13H16ClN3O2/c14-10-3-1-2-9(6-10)7-12(18)17-5-4-16-8-11(17)13(15)19/h1-3,6,11,16H,4-5,7-8H2,(H2,15,19). The highest BCUT2D eigenvalue weighted by atomic mass is 35.5. The number of hydrogen-bond acceptors (Lipinski definition) is 3. The number of primary amides is 1. The third-order valence-corrected chi connectivity index (χ3v) is 3.37. The van der Waals surface area contributed by atoms with E-state index in [0.29, 0.717) is 24.7 Å². The second-order valence-electron chi connectivity index (χ2n) is 4.52. The third kappa shape index (κ3) is 3.45. The molecule has 1 aromatic carbocycles. The van der Waals surface area contributed by atoms with Gasteiger partial charge in [-0.1, -0.05) is 23.7 Å². The van der Waals surface area contributed by atoms with Gasteiger partial charge in [-0.25, -0.2) is 0 Å². The smallest absolute Gasteiger partial charge is 0.241 e. The molecule has 0 bridgehead atoms. The van der Waals surface area contributed by atoms with Crippen molar-refractivity contribution in [1.29, 1.82) is 0 Å². The van der Waals surface area contributed by atoms with E-state index >= 15 is 0 Å². The number of carbonyl (C=O) groups is 2. The van der Waals surface area contributed by atoms with Gasteiger partial charge in [0.05, 0.1) is 6.42 Å². The summed E-state index contributed by atoms with van der Waals surface area (Å²) in [6, 6.07) is 6.58. The lowest BCUT2D eigenvalue weighted by atomic mass is 10.1. The fourth-order valence-corrected chi connectivity index (χ4v) is 2.39. The van der Waals surface area contributed by atoms with E-state index < -0.39 is 11.9 Å². The minimum Gasteiger partial charge on any atom is -0.368 e. The van der Waals surface area contributed by atoms with Crippen LogP contribution in [0, 0.1) is 0 Å². The van der Waals surface area contributed by atoms with Crippen LogP contribution in [-0.4, -0.2) is 42.4 Å². The molecule has 3 N–H and O–H groups in total. The van der Waals surface area contributed by atoms with Crippen LogP contribution >= 0.6 is 11.6 Å². The van der Waals surface area contributed by atoms with Gasteiger partial charge in [0.1, 0.15) is 6.04 Å². The molecule has 1 atom stereocenters. The van der Waals surface area contributed by atoms with Crippen molar-refractivity contribution >= 4 is 23.4 Å². The molecule has 0 radical (unpaired) electrons. The van der Waals surface area contributed by atoms with E-state index in [1.54, 1.807) is 23.1 Å². The number of benzene rings is 1. The van der Waals surface area contributed by atoms with Gasteiger partial charge in [0, 0.05) is 24.7 Å². The minimum atomic E-state index is -0.569. The summed E-state index contributed by atoms with van der Waals surface area (Å²) in [6.45, 7) is 1.58. The van der Waals surface area contributed by atoms with Crippen molar-refractivity contribution in [2.45, 2.75) is 12.5 Å². The molecule has 19 heavy (non-hydrogen) atoms. The Kier molecular flexibility index (Phi) is 4.39. The van der Waals surface area contributed by atoms with Gasteiger partial charge in [0.25, 0.3) is 0 Å². The van der Waals surface area contributed by atoms with Crippen molar-refractivity contribution in [3.63, 3.8) is 0 Å². The first-order chi connectivity index (χ1) is 9.08. The Balaban J connectivity index is 2.07. The molecule has 6 heteroatoms. The first kappa shape index (κ1) is 13.8. The first-order valence-corrected chi connectivity index (χ1v) is 6.49. The Morgan fingerprint density at radius 2 is 2.26 bits per heavy atom. The minimum absolute atomic E-state index is 0.104. The van der Waals surface area contributed by atoms with Crippen LogP contribution in [0.3, 0.4) is 0 Å². The molecule has 2 rings (SSSR count). The summed E-state index contributed by atoms with van der Waals surface area (Å²) in [5, 5.41) is 3.65. The maximum atomic E-state index is 12.2. The molecule has 0 saturated carbocycles. The SMILES string of the molecule is NC(=O)C1CNCCN1C(=O)Cc1cccc(Cl)c1. The first-order valence-electron chi connectivity index (χ1n) is 6.12. The lowest BCUT2D eigenvalue weighted by molar-refractivity contribution is -0.139. The maximum Gasteiger partial charge on any atom is 0.241 e. The van der Waals surface area contributed by atoms with Gasteiger partial charge in [-0.05, 0) is 17.7 Å². The quantitative estimate of drug-likeness (QED) is 0.829. The largest absolute Gasteiger partial charge is 0.368 e. The molecule has 1 aliphatic rings. The molecule has 1 aromatic rings. The van der Waals surface area contributed by atoms with Crippen LogP contribution in [0.25, 0.3) is 0 Å². The van der Waals surface area contributed by atoms with E-state index in [1.165, 1.54) is 0 Å². The van der Waals surface area contributed by atoms with Crippen LogP contribution in [0.15, 0.2) is 24.3 Å². The van der Waals surface area contributed by atoms with Gasteiger partial charge in [0.2, 0.25) is 11.8 Å². The van der Waals surface area contributed by atoms with E-state index in [0.717, 1.165) is 5.56 Å². The Labute approximate surface area is 116 Å². The van der Waals surface area contributed by atoms with E-state index in [9.17, 15) is 9.59 Å². The Bertz CT molecular complexity index is 493. The van der Waals surface area contributed by atoms with Crippen molar-refractivity contribution in [3.8, 4) is 0 Å². The second-order valence-corrected chi connectivity index (χ2v) is 4.95. The van der Waals surface area contributed by atoms with Gasteiger partial charge in [-0.3, -0.25) is 9.59 Å². The lowest BCUT2D eigenvalue weighted by Gasteiger charge is -2.34. The number of amides is 2. The second kappa shape index (κ2) is 6.04. The van der Waals surface area contributed by atoms with Crippen molar-refractivity contribution < 1.29 is 9.59 Å². The zero-order valence-corrected chi connectivity index (χ0v) is 11.2. The normalized spacial score (nSPS) is 19.2. The van der Waals surface area contributed by atoms with Gasteiger partial charge in [0.15, 0.2) is 0 Å². The van der Waals surface area contributed by atoms with Crippen LogP contribution in [0.4, 0.5) is 0 Å². The highest BCUT2D eigenvalue weighted by Gasteiger charge is 2.30. The van der Waals surface area contributed by atoms with E-state index in [1.807, 2.05) is 6.07 Å². The number of carbonyl (C=O) groups excluding carboxylic acids is 2. The highest BCUT2D eigenvalue weighted by molar-refractivity contribution is 6.30. The van der Waals surface area contributed by atoms with E-state index in [-0.39, 0.29) is 12.3 Å². The monoisotopic (exact) mass is 281 g/mol. The summed E-state index contributed by atoms with van der Waals surface area (Å²) in [5.41, 5.74) is 6.15. The van der Waals surface area contributed by atoms with Crippen molar-refractivity contribution in [2.75, 3.05) is 19.6 Å². The number of nitrogens with two attached hydrogens (primary N) is 1. The molecule has 0 spiro atoms. The van der Waals surface area contributed by atoms with Crippen molar-refractivity contribution in [1.82, 2.24) is 10.2 Å². The zero-order valence-electron chi connectivity index (χ0n) is 10.4. The number of hydrogen-bond donors (Lipinski definition) is 2. The third-order valence-electron chi connectivity index (χ3n) is 3.14. The molecule has 2 amide bonds. The Hall–Kier alpha value is -1.59. The van der Waals surface area contributed by atoms with Crippen molar-refractivity contribution in [2.24, 2.45) is 5.73 Å². The summed E-state index contributed by atoms with van der Waals surface area (Å²) in [4.78, 5) is 25.1. The molecule has 102 valence electrons. The fourth-order valence-electron chi connectivity index (χ4n) is 2.18. The summed E-state index contributed by atoms with van der Waals surface area (Å²) < 4.78 is 0. The van der Waals surface area contributed by atoms with Gasteiger partial charge in [-0.15, -0.1) is 0 Å². The van der Waals surface area contributed by atoms with Crippen LogP contribution in [-0.2, 0) is 16.0 Å². The van der Waals surface area contributed by atoms with Crippen LogP contribution in [0.5, 0.6) is 0 Å². The van der Waals surface area contributed by atoms with E-state index in [4.69, 9.17) is 17.3 Å². The molecule has 1 aliphatic heterocycles. The number of piperazine rings is 1. The zero-order chi connectivity index (χ0) is 13.8. The maximum absolute atomic E-state index is 12.2. The topological polar surface area (TPSA) is 75.4 Å². The molecular formula is C13H16ClN3O2. The predicted octanol–water partition coefficient (Wildman–Crippen LogP) is 0.168. The summed E-state index contributed by atoms with van der Waals surface area (Å²) in [7, 11) is 0. The Morgan fingerprint density at radius 1 is 1.47 bits per heavy atom. The molecule has 1 unspecified atom stereocenters. The molecular weight excluding hydrogens is 266 g/mol. The number of nitrogens with zero attached hydrogens (tertiary/aromatic N) is 1. The molecule has 5 nitrogen and oxygen atoms in total. The Morgan fingerprint density at radius 3 is 2.95 bits per heavy atom. The number of nitrogens with one attached hydrogen (secondary N) is 1. The summed E-state index contributed by atoms with van der Waals surface area (Å²) in [6.07, 6.45) is 0.227. The molecule has 0 aromatic heterocycles. The molecule has 1 heterocycles. The summed E-state index contributed by atoms with van der Waals surface area (Å²) >= 11 is 5.88. The fraction of sp³-hybridized carbons (Fsp3) is 0.385.